The van der Waals surface area contributed by atoms with Crippen LogP contribution >= 0.6 is 0 Å². The summed E-state index contributed by atoms with van der Waals surface area (Å²) in [5, 5.41) is 0. The summed E-state index contributed by atoms with van der Waals surface area (Å²) in [7, 11) is 0. The van der Waals surface area contributed by atoms with Gasteiger partial charge in [-0.25, -0.2) is 0 Å². The van der Waals surface area contributed by atoms with Gasteiger partial charge in [0.1, 0.15) is 0 Å². The number of hydrogen-bond donors (Lipinski definition) is 0. The molecule has 1 aliphatic carbocycles. The van der Waals surface area contributed by atoms with E-state index in [1.165, 1.54) is 12.8 Å². The summed E-state index contributed by atoms with van der Waals surface area (Å²) in [6, 6.07) is 0. The fraction of sp³-hybridized carbons (Fsp3) is 0.500. The molecule has 37 valence electrons. The van der Waals surface area contributed by atoms with Crippen LogP contribution in [-0.2, 0) is 32.7 Å². The number of hydrogen-bond acceptors (Lipinski definition) is 0. The maximum atomic E-state index is 2.22. The molecule has 0 aromatic rings. The third-order valence-corrected chi connectivity index (χ3v) is 1.10. The van der Waals surface area contributed by atoms with Gasteiger partial charge in [0.05, 0.1) is 0 Å². The molecule has 0 fully saturated rings. The quantitative estimate of drug-likeness (QED) is 0.385. The SMILES string of the molecule is C[C-]1CC=CC1.[Y]. The zero-order chi connectivity index (χ0) is 4.41. The molecule has 1 aliphatic rings. The van der Waals surface area contributed by atoms with E-state index in [4.69, 9.17) is 0 Å². The molecule has 0 spiro atoms. The number of rotatable bonds is 0. The van der Waals surface area contributed by atoms with E-state index < -0.39 is 0 Å². The van der Waals surface area contributed by atoms with Crippen LogP contribution in [0.1, 0.15) is 19.8 Å². The van der Waals surface area contributed by atoms with E-state index in [1.807, 2.05) is 0 Å². The van der Waals surface area contributed by atoms with Gasteiger partial charge in [-0.2, -0.15) is 19.8 Å². The molecule has 0 atom stereocenters. The van der Waals surface area contributed by atoms with Gasteiger partial charge in [-0.3, -0.25) is 0 Å². The third kappa shape index (κ3) is 2.61. The molecule has 0 aromatic heterocycles. The van der Waals surface area contributed by atoms with Crippen LogP contribution in [0.4, 0.5) is 0 Å². The van der Waals surface area contributed by atoms with Crippen molar-refractivity contribution in [2.75, 3.05) is 0 Å². The first-order valence-corrected chi connectivity index (χ1v) is 2.36. The van der Waals surface area contributed by atoms with Crippen LogP contribution in [0.5, 0.6) is 0 Å². The minimum Gasteiger partial charge on any atom is -0.309 e. The molecule has 0 saturated heterocycles. The maximum absolute atomic E-state index is 2.22. The average Bonchev–Trinajstić information content (AvgIpc) is 1.86. The van der Waals surface area contributed by atoms with Gasteiger partial charge in [0.25, 0.3) is 0 Å². The van der Waals surface area contributed by atoms with Crippen molar-refractivity contribution in [3.63, 3.8) is 0 Å². The molecule has 0 bridgehead atoms. The molecule has 1 radical (unpaired) electrons. The maximum Gasteiger partial charge on any atom is 0 e. The molecule has 7 heavy (non-hydrogen) atoms. The molecule has 1 heteroatoms. The molecular weight excluding hydrogens is 161 g/mol. The smallest absolute Gasteiger partial charge is 0 e. The Labute approximate surface area is 70.3 Å². The zero-order valence-electron chi connectivity index (χ0n) is 4.65. The van der Waals surface area contributed by atoms with Crippen molar-refractivity contribution in [1.82, 2.24) is 0 Å². The van der Waals surface area contributed by atoms with Gasteiger partial charge in [0.15, 0.2) is 0 Å². The second kappa shape index (κ2) is 3.80. The molecule has 1 rings (SSSR count). The van der Waals surface area contributed by atoms with Crippen molar-refractivity contribution < 1.29 is 32.7 Å². The van der Waals surface area contributed by atoms with E-state index in [0.717, 1.165) is 0 Å². The number of allylic oxidation sites excluding steroid dienone is 2. The first kappa shape index (κ1) is 7.84. The Morgan fingerprint density at radius 1 is 1.29 bits per heavy atom. The van der Waals surface area contributed by atoms with Crippen molar-refractivity contribution in [3.05, 3.63) is 18.1 Å². The summed E-state index contributed by atoms with van der Waals surface area (Å²) in [6.45, 7) is 2.19. The second-order valence-electron chi connectivity index (χ2n) is 1.84. The van der Waals surface area contributed by atoms with Gasteiger partial charge in [-0.15, -0.1) is 12.2 Å². The topological polar surface area (TPSA) is 0 Å². The Balaban J connectivity index is 0.000000360. The Morgan fingerprint density at radius 2 is 1.71 bits per heavy atom. The van der Waals surface area contributed by atoms with Crippen molar-refractivity contribution >= 4 is 0 Å². The second-order valence-corrected chi connectivity index (χ2v) is 1.84. The van der Waals surface area contributed by atoms with E-state index in [9.17, 15) is 0 Å². The Bertz CT molecular complexity index is 58.6. The largest absolute Gasteiger partial charge is 0.309 e. The molecule has 0 N–H and O–H groups in total. The van der Waals surface area contributed by atoms with Crippen molar-refractivity contribution in [2.24, 2.45) is 0 Å². The fourth-order valence-corrected chi connectivity index (χ4v) is 0.652. The zero-order valence-corrected chi connectivity index (χ0v) is 7.48. The summed E-state index contributed by atoms with van der Waals surface area (Å²) >= 11 is 0. The first-order valence-electron chi connectivity index (χ1n) is 2.36. The standard InChI is InChI=1S/C6H9.Y/c1-6-4-2-3-5-6;/h2-3H,4-5H2,1H3;/q-1;. The first-order chi connectivity index (χ1) is 2.89. The van der Waals surface area contributed by atoms with E-state index >= 15 is 0 Å². The molecule has 0 heterocycles. The van der Waals surface area contributed by atoms with Gasteiger partial charge < -0.3 is 5.92 Å². The fourth-order valence-electron chi connectivity index (χ4n) is 0.652. The monoisotopic (exact) mass is 170 g/mol. The Kier molecular flexibility index (Phi) is 4.26. The molecule has 0 unspecified atom stereocenters. The van der Waals surface area contributed by atoms with Gasteiger partial charge in [-0.05, 0) is 0 Å². The van der Waals surface area contributed by atoms with Crippen molar-refractivity contribution in [3.8, 4) is 0 Å². The average molecular weight is 170 g/mol. The van der Waals surface area contributed by atoms with Crippen LogP contribution in [0.25, 0.3) is 0 Å². The Morgan fingerprint density at radius 3 is 1.86 bits per heavy atom. The summed E-state index contributed by atoms with van der Waals surface area (Å²) in [5.41, 5.74) is 0. The van der Waals surface area contributed by atoms with Crippen molar-refractivity contribution in [2.45, 2.75) is 19.8 Å². The van der Waals surface area contributed by atoms with Crippen LogP contribution in [0, 0.1) is 5.92 Å². The molecule has 0 saturated carbocycles. The van der Waals surface area contributed by atoms with Gasteiger partial charge in [-0.1, -0.05) is 0 Å². The predicted molar refractivity (Wildman–Crippen MR) is 27.3 cm³/mol. The van der Waals surface area contributed by atoms with E-state index in [0.29, 0.717) is 0 Å². The summed E-state index contributed by atoms with van der Waals surface area (Å²) < 4.78 is 0. The Hall–Kier alpha value is 0.844. The molecular formula is C6H9Y-. The van der Waals surface area contributed by atoms with E-state index in [1.54, 1.807) is 5.92 Å². The third-order valence-electron chi connectivity index (χ3n) is 1.10. The molecule has 0 aromatic carbocycles. The van der Waals surface area contributed by atoms with Crippen LogP contribution in [0.3, 0.4) is 0 Å². The molecule has 0 amide bonds. The van der Waals surface area contributed by atoms with Crippen LogP contribution in [0.2, 0.25) is 0 Å². The summed E-state index contributed by atoms with van der Waals surface area (Å²) in [4.78, 5) is 0. The summed E-state index contributed by atoms with van der Waals surface area (Å²) in [5.74, 6) is 1.59. The van der Waals surface area contributed by atoms with Gasteiger partial charge >= 0.3 is 0 Å². The normalized spacial score (nSPS) is 19.6. The summed E-state index contributed by atoms with van der Waals surface area (Å²) in [6.07, 6.45) is 6.88. The molecule has 0 aliphatic heterocycles. The van der Waals surface area contributed by atoms with E-state index in [2.05, 4.69) is 19.1 Å². The van der Waals surface area contributed by atoms with E-state index in [-0.39, 0.29) is 32.7 Å². The van der Waals surface area contributed by atoms with Crippen LogP contribution in [0.15, 0.2) is 12.2 Å². The van der Waals surface area contributed by atoms with Crippen LogP contribution < -0.4 is 0 Å². The minimum atomic E-state index is 0. The minimum absolute atomic E-state index is 0. The predicted octanol–water partition coefficient (Wildman–Crippen LogP) is 1.93. The van der Waals surface area contributed by atoms with Gasteiger partial charge in [0, 0.05) is 32.7 Å². The molecule has 0 nitrogen and oxygen atoms in total. The van der Waals surface area contributed by atoms with Gasteiger partial charge in [0.2, 0.25) is 0 Å². The van der Waals surface area contributed by atoms with Crippen LogP contribution in [-0.4, -0.2) is 0 Å². The van der Waals surface area contributed by atoms with Crippen molar-refractivity contribution in [1.29, 1.82) is 0 Å².